The molecule has 0 heterocycles. The molecular weight excluding hydrogens is 232 g/mol. The fourth-order valence-electron chi connectivity index (χ4n) is 1.44. The zero-order valence-corrected chi connectivity index (χ0v) is 10.0. The third-order valence-electron chi connectivity index (χ3n) is 2.41. The van der Waals surface area contributed by atoms with Gasteiger partial charge in [-0.05, 0) is 30.2 Å². The van der Waals surface area contributed by atoms with Crippen LogP contribution in [-0.2, 0) is 4.79 Å². The highest BCUT2D eigenvalue weighted by Crippen LogP contribution is 2.04. The smallest absolute Gasteiger partial charge is 0.303 e. The van der Waals surface area contributed by atoms with E-state index in [-0.39, 0.29) is 18.2 Å². The number of carbonyl (C=O) groups excluding carboxylic acids is 1. The maximum absolute atomic E-state index is 11.7. The molecule has 5 nitrogen and oxygen atoms in total. The summed E-state index contributed by atoms with van der Waals surface area (Å²) in [6.07, 6.45) is 0.0215. The molecule has 5 heteroatoms. The molecule has 0 bridgehead atoms. The average Bonchev–Trinajstić information content (AvgIpc) is 2.35. The first-order valence-electron chi connectivity index (χ1n) is 5.53. The highest BCUT2D eigenvalue weighted by molar-refractivity contribution is 5.94. The first kappa shape index (κ1) is 13.7. The second-order valence-corrected chi connectivity index (χ2v) is 4.10. The lowest BCUT2D eigenvalue weighted by molar-refractivity contribution is -0.137. The van der Waals surface area contributed by atoms with E-state index >= 15 is 0 Å². The van der Waals surface area contributed by atoms with Gasteiger partial charge in [0.1, 0.15) is 0 Å². The standard InChI is InChI=1S/C13H14N2O3/c1-9(6-12(16)17)8-15-13(18)11-4-2-10(7-14)3-5-11/h2-5,9H,6,8H2,1H3,(H,15,18)(H,16,17). The Morgan fingerprint density at radius 2 is 2.00 bits per heavy atom. The second kappa shape index (κ2) is 6.40. The van der Waals surface area contributed by atoms with Crippen molar-refractivity contribution in [2.75, 3.05) is 6.54 Å². The molecule has 0 aliphatic heterocycles. The molecule has 1 rings (SSSR count). The number of carboxylic acid groups (broad SMARTS) is 1. The van der Waals surface area contributed by atoms with Crippen molar-refractivity contribution in [3.63, 3.8) is 0 Å². The van der Waals surface area contributed by atoms with Crippen LogP contribution in [0.1, 0.15) is 29.3 Å². The van der Waals surface area contributed by atoms with E-state index < -0.39 is 5.97 Å². The quantitative estimate of drug-likeness (QED) is 0.821. The van der Waals surface area contributed by atoms with Crippen LogP contribution in [0.4, 0.5) is 0 Å². The van der Waals surface area contributed by atoms with Crippen molar-refractivity contribution >= 4 is 11.9 Å². The fourth-order valence-corrected chi connectivity index (χ4v) is 1.44. The van der Waals surface area contributed by atoms with E-state index in [2.05, 4.69) is 5.32 Å². The van der Waals surface area contributed by atoms with Crippen LogP contribution in [0.2, 0.25) is 0 Å². The predicted octanol–water partition coefficient (Wildman–Crippen LogP) is 1.40. The molecule has 18 heavy (non-hydrogen) atoms. The number of nitriles is 1. The normalized spacial score (nSPS) is 11.3. The van der Waals surface area contributed by atoms with Gasteiger partial charge in [-0.25, -0.2) is 0 Å². The molecule has 1 aromatic rings. The van der Waals surface area contributed by atoms with Gasteiger partial charge >= 0.3 is 5.97 Å². The largest absolute Gasteiger partial charge is 0.481 e. The van der Waals surface area contributed by atoms with Gasteiger partial charge in [0.25, 0.3) is 5.91 Å². The van der Waals surface area contributed by atoms with Crippen LogP contribution in [0.5, 0.6) is 0 Å². The molecule has 0 aromatic heterocycles. The molecular formula is C13H14N2O3. The Hall–Kier alpha value is -2.35. The number of nitrogens with zero attached hydrogens (tertiary/aromatic N) is 1. The Labute approximate surface area is 105 Å². The predicted molar refractivity (Wildman–Crippen MR) is 64.9 cm³/mol. The minimum atomic E-state index is -0.880. The lowest BCUT2D eigenvalue weighted by Crippen LogP contribution is -2.29. The third-order valence-corrected chi connectivity index (χ3v) is 2.41. The van der Waals surface area contributed by atoms with Gasteiger partial charge in [0.2, 0.25) is 0 Å². The van der Waals surface area contributed by atoms with Crippen molar-refractivity contribution in [3.05, 3.63) is 35.4 Å². The van der Waals surface area contributed by atoms with Gasteiger partial charge in [0, 0.05) is 18.5 Å². The molecule has 0 fully saturated rings. The van der Waals surface area contributed by atoms with Crippen LogP contribution < -0.4 is 5.32 Å². The van der Waals surface area contributed by atoms with Crippen LogP contribution in [0.3, 0.4) is 0 Å². The van der Waals surface area contributed by atoms with Gasteiger partial charge in [-0.1, -0.05) is 6.92 Å². The number of aliphatic carboxylic acids is 1. The number of rotatable bonds is 5. The first-order chi connectivity index (χ1) is 8.52. The third kappa shape index (κ3) is 4.26. The summed E-state index contributed by atoms with van der Waals surface area (Å²) < 4.78 is 0. The molecule has 0 aliphatic rings. The summed E-state index contributed by atoms with van der Waals surface area (Å²) in [6.45, 7) is 2.07. The van der Waals surface area contributed by atoms with E-state index in [1.165, 1.54) is 0 Å². The van der Waals surface area contributed by atoms with Gasteiger partial charge in [-0.3, -0.25) is 9.59 Å². The van der Waals surface area contributed by atoms with E-state index in [9.17, 15) is 9.59 Å². The van der Waals surface area contributed by atoms with E-state index in [1.807, 2.05) is 6.07 Å². The average molecular weight is 246 g/mol. The second-order valence-electron chi connectivity index (χ2n) is 4.10. The molecule has 0 radical (unpaired) electrons. The molecule has 1 atom stereocenters. The Bertz CT molecular complexity index is 474. The minimum absolute atomic E-state index is 0.0215. The van der Waals surface area contributed by atoms with E-state index in [4.69, 9.17) is 10.4 Å². The number of amides is 1. The van der Waals surface area contributed by atoms with Crippen LogP contribution in [0.25, 0.3) is 0 Å². The Kier molecular flexibility index (Phi) is 4.88. The molecule has 1 amide bonds. The summed E-state index contributed by atoms with van der Waals surface area (Å²) in [7, 11) is 0. The fraction of sp³-hybridized carbons (Fsp3) is 0.308. The molecule has 0 saturated carbocycles. The Morgan fingerprint density at radius 1 is 1.39 bits per heavy atom. The van der Waals surface area contributed by atoms with Gasteiger partial charge in [-0.15, -0.1) is 0 Å². The van der Waals surface area contributed by atoms with Crippen molar-refractivity contribution in [1.82, 2.24) is 5.32 Å². The highest BCUT2D eigenvalue weighted by atomic mass is 16.4. The topological polar surface area (TPSA) is 90.2 Å². The Balaban J connectivity index is 2.50. The van der Waals surface area contributed by atoms with Crippen molar-refractivity contribution in [2.45, 2.75) is 13.3 Å². The minimum Gasteiger partial charge on any atom is -0.481 e. The van der Waals surface area contributed by atoms with Crippen molar-refractivity contribution in [2.24, 2.45) is 5.92 Å². The van der Waals surface area contributed by atoms with Crippen LogP contribution in [0, 0.1) is 17.2 Å². The molecule has 94 valence electrons. The van der Waals surface area contributed by atoms with Crippen LogP contribution >= 0.6 is 0 Å². The van der Waals surface area contributed by atoms with Gasteiger partial charge in [0.05, 0.1) is 11.6 Å². The maximum Gasteiger partial charge on any atom is 0.303 e. The summed E-state index contributed by atoms with van der Waals surface area (Å²) in [6, 6.07) is 8.23. The van der Waals surface area contributed by atoms with E-state index in [1.54, 1.807) is 31.2 Å². The number of carbonyl (C=O) groups is 2. The van der Waals surface area contributed by atoms with Crippen molar-refractivity contribution in [1.29, 1.82) is 5.26 Å². The number of benzene rings is 1. The number of hydrogen-bond acceptors (Lipinski definition) is 3. The summed E-state index contributed by atoms with van der Waals surface area (Å²) in [5, 5.41) is 19.9. The lowest BCUT2D eigenvalue weighted by atomic mass is 10.1. The summed E-state index contributed by atoms with van der Waals surface area (Å²) in [4.78, 5) is 22.1. The highest BCUT2D eigenvalue weighted by Gasteiger charge is 2.10. The zero-order chi connectivity index (χ0) is 13.5. The number of carboxylic acids is 1. The maximum atomic E-state index is 11.7. The molecule has 0 saturated heterocycles. The number of nitrogens with one attached hydrogen (secondary N) is 1. The molecule has 1 aromatic carbocycles. The summed E-state index contributed by atoms with van der Waals surface area (Å²) in [5.41, 5.74) is 0.947. The number of hydrogen-bond donors (Lipinski definition) is 2. The van der Waals surface area contributed by atoms with Crippen molar-refractivity contribution < 1.29 is 14.7 Å². The summed E-state index contributed by atoms with van der Waals surface area (Å²) in [5.74, 6) is -1.27. The molecule has 2 N–H and O–H groups in total. The van der Waals surface area contributed by atoms with E-state index in [0.717, 1.165) is 0 Å². The van der Waals surface area contributed by atoms with Crippen LogP contribution in [-0.4, -0.2) is 23.5 Å². The monoisotopic (exact) mass is 246 g/mol. The Morgan fingerprint density at radius 3 is 2.50 bits per heavy atom. The van der Waals surface area contributed by atoms with E-state index in [0.29, 0.717) is 17.7 Å². The summed E-state index contributed by atoms with van der Waals surface area (Å²) >= 11 is 0. The van der Waals surface area contributed by atoms with Gasteiger partial charge < -0.3 is 10.4 Å². The molecule has 0 aliphatic carbocycles. The van der Waals surface area contributed by atoms with Gasteiger partial charge in [-0.2, -0.15) is 5.26 Å². The van der Waals surface area contributed by atoms with Crippen molar-refractivity contribution in [3.8, 4) is 6.07 Å². The zero-order valence-electron chi connectivity index (χ0n) is 10.0. The van der Waals surface area contributed by atoms with Gasteiger partial charge in [0.15, 0.2) is 0 Å². The SMILES string of the molecule is CC(CNC(=O)c1ccc(C#N)cc1)CC(=O)O. The first-order valence-corrected chi connectivity index (χ1v) is 5.53. The molecule has 1 unspecified atom stereocenters. The van der Waals surface area contributed by atoms with Crippen LogP contribution in [0.15, 0.2) is 24.3 Å². The lowest BCUT2D eigenvalue weighted by Gasteiger charge is -2.10. The molecule has 0 spiro atoms.